The number of rotatable bonds is 8. The lowest BCUT2D eigenvalue weighted by atomic mass is 10.0. The van der Waals surface area contributed by atoms with E-state index in [-0.39, 0.29) is 0 Å². The fourth-order valence-corrected chi connectivity index (χ4v) is 16.3. The van der Waals surface area contributed by atoms with Crippen molar-refractivity contribution in [2.75, 3.05) is 0 Å². The van der Waals surface area contributed by atoms with E-state index < -0.39 is 0 Å². The van der Waals surface area contributed by atoms with Gasteiger partial charge in [0, 0.05) is 87.4 Å². The molecule has 0 aliphatic carbocycles. The fourth-order valence-electron chi connectivity index (χ4n) is 16.3. The minimum absolute atomic E-state index is 0.914. The summed E-state index contributed by atoms with van der Waals surface area (Å²) in [6.07, 6.45) is 0. The van der Waals surface area contributed by atoms with E-state index in [1.165, 1.54) is 132 Å². The van der Waals surface area contributed by atoms with Crippen molar-refractivity contribution in [3.05, 3.63) is 364 Å². The van der Waals surface area contributed by atoms with Gasteiger partial charge in [-0.25, -0.2) is 0 Å². The average molecular weight is 1300 g/mol. The normalized spacial score (nSPS) is 11.9. The highest BCUT2D eigenvalue weighted by Gasteiger charge is 2.20. The smallest absolute Gasteiger partial charge is 0.136 e. The van der Waals surface area contributed by atoms with E-state index in [1.807, 2.05) is 24.3 Å². The average Bonchev–Trinajstić information content (AvgIpc) is 1.60. The molecule has 0 spiro atoms. The molecule has 0 N–H and O–H groups in total. The third kappa shape index (κ3) is 9.13. The van der Waals surface area contributed by atoms with Gasteiger partial charge in [0.2, 0.25) is 0 Å². The Labute approximate surface area is 585 Å². The standard InChI is InChI=1S/2C48H30N2O/c1-2-10-35(11-3-1)49-43-15-7-4-12-37(43)40-28-33(20-25-45(40)49)34-21-26-46-41(29-34)38-13-5-8-16-44(38)50(46)36-23-18-31(19-24-36)32-22-27-48-42(30-32)39-14-6-9-17-47(39)51-48;1-2-10-35(11-3-1)49-43-15-7-4-12-37(43)41-28-32(21-26-45(41)49)33-22-27-46-42(29-33)38-13-5-8-16-44(38)50(46)36-23-18-31(19-24-36)34-20-25-40-39-14-6-9-17-47(39)51-48(40)30-34/h2*1-30H. The Balaban J connectivity index is 0.000000133. The van der Waals surface area contributed by atoms with E-state index >= 15 is 0 Å². The summed E-state index contributed by atoms with van der Waals surface area (Å²) in [5.74, 6) is 0. The highest BCUT2D eigenvalue weighted by Crippen LogP contribution is 2.43. The van der Waals surface area contributed by atoms with Crippen LogP contribution in [0.3, 0.4) is 0 Å². The van der Waals surface area contributed by atoms with Crippen molar-refractivity contribution in [2.45, 2.75) is 0 Å². The molecule has 0 unspecified atom stereocenters. The van der Waals surface area contributed by atoms with Crippen LogP contribution in [0.4, 0.5) is 0 Å². The van der Waals surface area contributed by atoms with Crippen molar-refractivity contribution >= 4 is 131 Å². The summed E-state index contributed by atoms with van der Waals surface area (Å²) in [4.78, 5) is 0. The number of aromatic nitrogens is 4. The maximum atomic E-state index is 6.19. The molecular formula is C96H60N4O2. The predicted molar refractivity (Wildman–Crippen MR) is 427 cm³/mol. The Morgan fingerprint density at radius 3 is 0.784 bits per heavy atom. The van der Waals surface area contributed by atoms with Crippen LogP contribution in [0.15, 0.2) is 373 Å². The second kappa shape index (κ2) is 23.0. The minimum atomic E-state index is 0.914. The minimum Gasteiger partial charge on any atom is -0.456 e. The first-order chi connectivity index (χ1) is 50.6. The summed E-state index contributed by atoms with van der Waals surface area (Å²) in [7, 11) is 0. The van der Waals surface area contributed by atoms with Crippen LogP contribution in [0.2, 0.25) is 0 Å². The Hall–Kier alpha value is -13.7. The molecule has 0 saturated carbocycles. The van der Waals surface area contributed by atoms with Crippen LogP contribution in [0.5, 0.6) is 0 Å². The third-order valence-electron chi connectivity index (χ3n) is 21.1. The number of benzene rings is 16. The summed E-state index contributed by atoms with van der Waals surface area (Å²) in [5, 5.41) is 14.6. The van der Waals surface area contributed by atoms with Crippen LogP contribution in [0, 0.1) is 0 Å². The molecule has 0 radical (unpaired) electrons. The van der Waals surface area contributed by atoms with E-state index in [2.05, 4.69) is 358 Å². The second-order valence-corrected chi connectivity index (χ2v) is 26.7. The summed E-state index contributed by atoms with van der Waals surface area (Å²) < 4.78 is 21.8. The zero-order valence-corrected chi connectivity index (χ0v) is 55.2. The molecule has 0 aliphatic heterocycles. The summed E-state index contributed by atoms with van der Waals surface area (Å²) in [6, 6.07) is 131. The van der Waals surface area contributed by atoms with Crippen LogP contribution in [0.25, 0.3) is 198 Å². The van der Waals surface area contributed by atoms with Gasteiger partial charge in [0.15, 0.2) is 0 Å². The Morgan fingerprint density at radius 2 is 0.382 bits per heavy atom. The van der Waals surface area contributed by atoms with Gasteiger partial charge in [0.25, 0.3) is 0 Å². The lowest BCUT2D eigenvalue weighted by molar-refractivity contribution is 0.668. The molecule has 22 rings (SSSR count). The molecule has 22 aromatic rings. The molecule has 0 bridgehead atoms. The van der Waals surface area contributed by atoms with E-state index in [0.717, 1.165) is 66.4 Å². The van der Waals surface area contributed by atoms with Crippen LogP contribution in [-0.2, 0) is 0 Å². The molecule has 0 aliphatic rings. The number of nitrogens with zero attached hydrogens (tertiary/aromatic N) is 4. The topological polar surface area (TPSA) is 46.0 Å². The highest BCUT2D eigenvalue weighted by atomic mass is 16.3. The fraction of sp³-hybridized carbons (Fsp3) is 0. The van der Waals surface area contributed by atoms with E-state index in [4.69, 9.17) is 8.83 Å². The lowest BCUT2D eigenvalue weighted by Crippen LogP contribution is -1.94. The zero-order valence-electron chi connectivity index (χ0n) is 55.2. The second-order valence-electron chi connectivity index (χ2n) is 26.7. The first-order valence-corrected chi connectivity index (χ1v) is 34.9. The van der Waals surface area contributed by atoms with Gasteiger partial charge in [-0.1, -0.05) is 206 Å². The van der Waals surface area contributed by atoms with Crippen LogP contribution < -0.4 is 0 Å². The molecule has 0 atom stereocenters. The molecule has 476 valence electrons. The first-order valence-electron chi connectivity index (χ1n) is 34.9. The Bertz CT molecular complexity index is 7090. The van der Waals surface area contributed by atoms with Gasteiger partial charge < -0.3 is 27.1 Å². The van der Waals surface area contributed by atoms with Crippen LogP contribution in [0.1, 0.15) is 0 Å². The van der Waals surface area contributed by atoms with Crippen LogP contribution in [-0.4, -0.2) is 18.3 Å². The molecule has 6 heteroatoms. The van der Waals surface area contributed by atoms with Crippen molar-refractivity contribution in [3.8, 4) is 67.3 Å². The van der Waals surface area contributed by atoms with Crippen molar-refractivity contribution < 1.29 is 8.83 Å². The molecular weight excluding hydrogens is 1240 g/mol. The summed E-state index contributed by atoms with van der Waals surface area (Å²) in [6.45, 7) is 0. The number of furan rings is 2. The van der Waals surface area contributed by atoms with E-state index in [0.29, 0.717) is 0 Å². The van der Waals surface area contributed by atoms with Gasteiger partial charge in [-0.15, -0.1) is 0 Å². The van der Waals surface area contributed by atoms with Crippen molar-refractivity contribution in [2.24, 2.45) is 0 Å². The lowest BCUT2D eigenvalue weighted by Gasteiger charge is -2.10. The van der Waals surface area contributed by atoms with Gasteiger partial charge in [-0.2, -0.15) is 0 Å². The number of para-hydroxylation sites is 8. The SMILES string of the molecule is c1ccc(-n2c3ccccc3c3cc(-c4ccc5c(c4)c4ccccc4n5-c4ccc(-c5ccc6c(c5)oc5ccccc56)cc4)ccc32)cc1.c1ccc(-n2c3ccccc3c3cc(-c4ccc5c(c4)c4ccccc4n5-c4ccc(-c5ccc6oc7ccccc7c6c5)cc4)ccc32)cc1. The van der Waals surface area contributed by atoms with Gasteiger partial charge in [-0.05, 0) is 202 Å². The molecule has 6 aromatic heterocycles. The predicted octanol–water partition coefficient (Wildman–Crippen LogP) is 26.2. The molecule has 16 aromatic carbocycles. The van der Waals surface area contributed by atoms with Gasteiger partial charge in [0.05, 0.1) is 44.1 Å². The zero-order chi connectivity index (χ0) is 66.9. The number of hydrogen-bond donors (Lipinski definition) is 0. The monoisotopic (exact) mass is 1300 g/mol. The molecule has 6 heterocycles. The third-order valence-corrected chi connectivity index (χ3v) is 21.1. The summed E-state index contributed by atoms with van der Waals surface area (Å²) >= 11 is 0. The highest BCUT2D eigenvalue weighted by molar-refractivity contribution is 6.16. The van der Waals surface area contributed by atoms with Crippen LogP contribution >= 0.6 is 0 Å². The van der Waals surface area contributed by atoms with Crippen molar-refractivity contribution in [1.29, 1.82) is 0 Å². The van der Waals surface area contributed by atoms with E-state index in [9.17, 15) is 0 Å². The quantitative estimate of drug-likeness (QED) is 0.152. The molecule has 0 amide bonds. The van der Waals surface area contributed by atoms with Gasteiger partial charge in [0.1, 0.15) is 22.3 Å². The summed E-state index contributed by atoms with van der Waals surface area (Å²) in [5.41, 5.74) is 27.4. The maximum absolute atomic E-state index is 6.19. The van der Waals surface area contributed by atoms with Gasteiger partial charge in [-0.3, -0.25) is 0 Å². The first kappa shape index (κ1) is 57.4. The van der Waals surface area contributed by atoms with Crippen molar-refractivity contribution in [1.82, 2.24) is 18.3 Å². The number of hydrogen-bond acceptors (Lipinski definition) is 2. The molecule has 0 saturated heterocycles. The number of fused-ring (bicyclic) bond motifs is 18. The Kier molecular flexibility index (Phi) is 12.9. The van der Waals surface area contributed by atoms with E-state index in [1.54, 1.807) is 0 Å². The van der Waals surface area contributed by atoms with Crippen molar-refractivity contribution in [3.63, 3.8) is 0 Å². The maximum Gasteiger partial charge on any atom is 0.136 e. The molecule has 102 heavy (non-hydrogen) atoms. The van der Waals surface area contributed by atoms with Gasteiger partial charge >= 0.3 is 0 Å². The Morgan fingerprint density at radius 1 is 0.137 bits per heavy atom. The molecule has 6 nitrogen and oxygen atoms in total. The largest absolute Gasteiger partial charge is 0.456 e. The molecule has 0 fully saturated rings.